The molecule has 9 heteroatoms. The van der Waals surface area contributed by atoms with Gasteiger partial charge in [-0.3, -0.25) is 10.1 Å². The van der Waals surface area contributed by atoms with Crippen molar-refractivity contribution in [2.45, 2.75) is 6.18 Å². The summed E-state index contributed by atoms with van der Waals surface area (Å²) in [5.74, 6) is -2.08. The second kappa shape index (κ2) is 4.56. The van der Waals surface area contributed by atoms with Crippen LogP contribution in [0.15, 0.2) is 12.1 Å². The fraction of sp³-hybridized carbons (Fsp3) is 0.111. The quantitative estimate of drug-likeness (QED) is 0.861. The highest BCUT2D eigenvalue weighted by molar-refractivity contribution is 7.22. The van der Waals surface area contributed by atoms with Gasteiger partial charge in [-0.15, -0.1) is 0 Å². The van der Waals surface area contributed by atoms with Crippen LogP contribution in [0.5, 0.6) is 0 Å². The lowest BCUT2D eigenvalue weighted by atomic mass is 10.3. The van der Waals surface area contributed by atoms with Gasteiger partial charge in [0, 0.05) is 0 Å². The number of rotatable bonds is 1. The van der Waals surface area contributed by atoms with Gasteiger partial charge in [0.1, 0.15) is 5.52 Å². The van der Waals surface area contributed by atoms with Gasteiger partial charge in [0.15, 0.2) is 5.13 Å². The molecule has 0 aliphatic rings. The van der Waals surface area contributed by atoms with Gasteiger partial charge in [-0.1, -0.05) is 34.5 Å². The molecule has 1 N–H and O–H groups in total. The Morgan fingerprint density at radius 3 is 2.61 bits per heavy atom. The monoisotopic (exact) mass is 314 g/mol. The molecule has 0 aliphatic heterocycles. The number of amides is 1. The summed E-state index contributed by atoms with van der Waals surface area (Å²) in [7, 11) is 0. The van der Waals surface area contributed by atoms with E-state index in [0.717, 1.165) is 11.3 Å². The predicted octanol–water partition coefficient (Wildman–Crippen LogP) is 4.10. The Morgan fingerprint density at radius 1 is 1.33 bits per heavy atom. The first-order valence-corrected chi connectivity index (χ1v) is 5.99. The molecule has 1 aromatic carbocycles. The van der Waals surface area contributed by atoms with Crippen molar-refractivity contribution < 1.29 is 18.0 Å². The van der Waals surface area contributed by atoms with E-state index in [1.54, 1.807) is 11.4 Å². The van der Waals surface area contributed by atoms with E-state index in [1.807, 2.05) is 0 Å². The lowest BCUT2D eigenvalue weighted by Crippen LogP contribution is -2.29. The zero-order valence-corrected chi connectivity index (χ0v) is 10.6. The van der Waals surface area contributed by atoms with Gasteiger partial charge in [0.2, 0.25) is 0 Å². The van der Waals surface area contributed by atoms with Crippen LogP contribution in [0, 0.1) is 0 Å². The summed E-state index contributed by atoms with van der Waals surface area (Å²) >= 11 is 12.5. The molecule has 0 atom stereocenters. The van der Waals surface area contributed by atoms with Crippen molar-refractivity contribution in [1.82, 2.24) is 4.98 Å². The molecule has 1 amide bonds. The molecule has 0 spiro atoms. The molecule has 96 valence electrons. The zero-order chi connectivity index (χ0) is 13.5. The number of nitrogens with zero attached hydrogens (tertiary/aromatic N) is 1. The second-order valence-corrected chi connectivity index (χ2v) is 4.99. The largest absolute Gasteiger partial charge is 0.471 e. The molecular formula is C9H3Cl2F3N2OS. The Bertz CT molecular complexity index is 626. The second-order valence-electron chi connectivity index (χ2n) is 3.18. The number of carbonyl (C=O) groups excluding carboxylic acids is 1. The van der Waals surface area contributed by atoms with Crippen LogP contribution in [0.2, 0.25) is 10.0 Å². The molecule has 0 saturated carbocycles. The van der Waals surface area contributed by atoms with Crippen molar-refractivity contribution in [1.29, 1.82) is 0 Å². The maximum atomic E-state index is 12.1. The molecule has 0 unspecified atom stereocenters. The van der Waals surface area contributed by atoms with E-state index >= 15 is 0 Å². The van der Waals surface area contributed by atoms with Gasteiger partial charge in [0.25, 0.3) is 0 Å². The third-order valence-corrected chi connectivity index (χ3v) is 3.66. The molecule has 2 aromatic rings. The predicted molar refractivity (Wildman–Crippen MR) is 64.3 cm³/mol. The molecule has 0 bridgehead atoms. The Hall–Kier alpha value is -1.05. The van der Waals surface area contributed by atoms with Gasteiger partial charge in [0.05, 0.1) is 14.7 Å². The highest BCUT2D eigenvalue weighted by Crippen LogP contribution is 2.35. The number of thiazole rings is 1. The number of aromatic nitrogens is 1. The smallest absolute Gasteiger partial charge is 0.294 e. The Labute approximate surface area is 113 Å². The van der Waals surface area contributed by atoms with Gasteiger partial charge in [-0.2, -0.15) is 13.2 Å². The first-order valence-electron chi connectivity index (χ1n) is 4.42. The maximum Gasteiger partial charge on any atom is 0.471 e. The molecule has 1 heterocycles. The number of fused-ring (bicyclic) bond motifs is 1. The lowest BCUT2D eigenvalue weighted by Gasteiger charge is -2.03. The van der Waals surface area contributed by atoms with Crippen molar-refractivity contribution in [3.05, 3.63) is 22.2 Å². The number of carbonyl (C=O) groups is 1. The van der Waals surface area contributed by atoms with E-state index in [0.29, 0.717) is 4.70 Å². The average Bonchev–Trinajstić information content (AvgIpc) is 2.66. The number of nitrogens with one attached hydrogen (secondary N) is 1. The standard InChI is InChI=1S/C9H3Cl2F3N2OS/c10-3-1-2-4-6(5(3)11)15-8(18-4)16-7(17)9(12,13)14/h1-2H,(H,15,16,17). The Morgan fingerprint density at radius 2 is 2.00 bits per heavy atom. The maximum absolute atomic E-state index is 12.1. The summed E-state index contributed by atoms with van der Waals surface area (Å²) in [4.78, 5) is 14.5. The molecule has 18 heavy (non-hydrogen) atoms. The van der Waals surface area contributed by atoms with Crippen molar-refractivity contribution in [2.24, 2.45) is 0 Å². The van der Waals surface area contributed by atoms with Crippen molar-refractivity contribution >= 4 is 55.8 Å². The summed E-state index contributed by atoms with van der Waals surface area (Å²) in [6.07, 6.45) is -4.96. The summed E-state index contributed by atoms with van der Waals surface area (Å²) < 4.78 is 36.7. The zero-order valence-electron chi connectivity index (χ0n) is 8.31. The summed E-state index contributed by atoms with van der Waals surface area (Å²) in [5.41, 5.74) is 0.256. The fourth-order valence-electron chi connectivity index (χ4n) is 1.16. The SMILES string of the molecule is O=C(Nc1nc2c(Cl)c(Cl)ccc2s1)C(F)(F)F. The number of anilines is 1. The van der Waals surface area contributed by atoms with Crippen LogP contribution < -0.4 is 5.32 Å². The Kier molecular flexibility index (Phi) is 3.39. The van der Waals surface area contributed by atoms with E-state index in [4.69, 9.17) is 23.2 Å². The minimum atomic E-state index is -4.96. The number of halogens is 5. The molecule has 0 aliphatic carbocycles. The van der Waals surface area contributed by atoms with Gasteiger partial charge < -0.3 is 0 Å². The van der Waals surface area contributed by atoms with Gasteiger partial charge in [-0.05, 0) is 12.1 Å². The van der Waals surface area contributed by atoms with E-state index in [9.17, 15) is 18.0 Å². The third-order valence-electron chi connectivity index (χ3n) is 1.93. The van der Waals surface area contributed by atoms with Crippen LogP contribution in [0.1, 0.15) is 0 Å². The summed E-state index contributed by atoms with van der Waals surface area (Å²) in [6.45, 7) is 0. The highest BCUT2D eigenvalue weighted by atomic mass is 35.5. The van der Waals surface area contributed by atoms with E-state index < -0.39 is 12.1 Å². The molecule has 3 nitrogen and oxygen atoms in total. The number of hydrogen-bond acceptors (Lipinski definition) is 3. The van der Waals surface area contributed by atoms with Crippen LogP contribution in [0.3, 0.4) is 0 Å². The summed E-state index contributed by atoms with van der Waals surface area (Å²) in [5, 5.41) is 1.85. The number of hydrogen-bond donors (Lipinski definition) is 1. The molecule has 0 saturated heterocycles. The van der Waals surface area contributed by atoms with Gasteiger partial charge >= 0.3 is 12.1 Å². The topological polar surface area (TPSA) is 42.0 Å². The molecule has 1 aromatic heterocycles. The first kappa shape index (κ1) is 13.4. The van der Waals surface area contributed by atoms with Crippen LogP contribution in [-0.2, 0) is 4.79 Å². The first-order chi connectivity index (χ1) is 8.29. The minimum Gasteiger partial charge on any atom is -0.294 e. The van der Waals surface area contributed by atoms with E-state index in [-0.39, 0.29) is 20.7 Å². The lowest BCUT2D eigenvalue weighted by molar-refractivity contribution is -0.167. The molecular weight excluding hydrogens is 312 g/mol. The Balaban J connectivity index is 2.37. The van der Waals surface area contributed by atoms with Crippen LogP contribution in [-0.4, -0.2) is 17.1 Å². The van der Waals surface area contributed by atoms with Crippen molar-refractivity contribution in [3.8, 4) is 0 Å². The third kappa shape index (κ3) is 2.52. The van der Waals surface area contributed by atoms with Crippen LogP contribution >= 0.6 is 34.5 Å². The average molecular weight is 315 g/mol. The normalized spacial score (nSPS) is 11.8. The fourth-order valence-corrected chi connectivity index (χ4v) is 2.44. The molecule has 2 rings (SSSR count). The van der Waals surface area contributed by atoms with E-state index in [1.165, 1.54) is 6.07 Å². The van der Waals surface area contributed by atoms with Crippen LogP contribution in [0.25, 0.3) is 10.2 Å². The summed E-state index contributed by atoms with van der Waals surface area (Å²) in [6, 6.07) is 3.06. The number of benzene rings is 1. The molecule has 0 radical (unpaired) electrons. The van der Waals surface area contributed by atoms with E-state index in [2.05, 4.69) is 4.98 Å². The molecule has 0 fully saturated rings. The highest BCUT2D eigenvalue weighted by Gasteiger charge is 2.39. The van der Waals surface area contributed by atoms with Crippen LogP contribution in [0.4, 0.5) is 18.3 Å². The number of alkyl halides is 3. The van der Waals surface area contributed by atoms with Crippen molar-refractivity contribution in [3.63, 3.8) is 0 Å². The van der Waals surface area contributed by atoms with Gasteiger partial charge in [-0.25, -0.2) is 4.98 Å². The van der Waals surface area contributed by atoms with Crippen molar-refractivity contribution in [2.75, 3.05) is 5.32 Å². The minimum absolute atomic E-state index is 0.137.